The van der Waals surface area contributed by atoms with E-state index in [0.29, 0.717) is 31.7 Å². The Balaban J connectivity index is 2.14. The third-order valence-corrected chi connectivity index (χ3v) is 3.76. The summed E-state index contributed by atoms with van der Waals surface area (Å²) in [6.45, 7) is 4.64. The molecule has 1 atom stereocenters. The van der Waals surface area contributed by atoms with Crippen LogP contribution in [0, 0.1) is 18.7 Å². The Hall–Kier alpha value is -1.91. The lowest BCUT2D eigenvalue weighted by molar-refractivity contribution is -0.149. The largest absolute Gasteiger partial charge is 0.466 e. The van der Waals surface area contributed by atoms with E-state index in [9.17, 15) is 14.0 Å². The van der Waals surface area contributed by atoms with Crippen LogP contribution in [0.3, 0.4) is 0 Å². The summed E-state index contributed by atoms with van der Waals surface area (Å²) in [5, 5.41) is 0. The van der Waals surface area contributed by atoms with Crippen molar-refractivity contribution >= 4 is 11.9 Å². The summed E-state index contributed by atoms with van der Waals surface area (Å²) in [7, 11) is 0. The number of carbonyl (C=O) groups is 2. The molecular weight excluding hydrogens is 273 g/mol. The zero-order chi connectivity index (χ0) is 15.4. The lowest BCUT2D eigenvalue weighted by Gasteiger charge is -2.32. The number of likely N-dealkylation sites (tertiary alicyclic amines) is 1. The van der Waals surface area contributed by atoms with E-state index in [-0.39, 0.29) is 23.4 Å². The fourth-order valence-electron chi connectivity index (χ4n) is 2.68. The Morgan fingerprint density at radius 1 is 1.43 bits per heavy atom. The number of hydrogen-bond donors (Lipinski definition) is 0. The van der Waals surface area contributed by atoms with Crippen LogP contribution in [-0.2, 0) is 9.53 Å². The maximum atomic E-state index is 13.9. The highest BCUT2D eigenvalue weighted by Crippen LogP contribution is 2.22. The van der Waals surface area contributed by atoms with Gasteiger partial charge < -0.3 is 9.64 Å². The van der Waals surface area contributed by atoms with Crippen molar-refractivity contribution in [3.63, 3.8) is 0 Å². The molecule has 5 heteroatoms. The van der Waals surface area contributed by atoms with Crippen LogP contribution in [0.4, 0.5) is 4.39 Å². The van der Waals surface area contributed by atoms with Crippen LogP contribution in [0.5, 0.6) is 0 Å². The van der Waals surface area contributed by atoms with Crippen LogP contribution < -0.4 is 0 Å². The third-order valence-electron chi connectivity index (χ3n) is 3.76. The highest BCUT2D eigenvalue weighted by Gasteiger charge is 2.31. The maximum absolute atomic E-state index is 13.9. The number of rotatable bonds is 3. The summed E-state index contributed by atoms with van der Waals surface area (Å²) >= 11 is 0. The predicted molar refractivity (Wildman–Crippen MR) is 76.4 cm³/mol. The Kier molecular flexibility index (Phi) is 4.94. The molecule has 4 nitrogen and oxygen atoms in total. The van der Waals surface area contributed by atoms with Crippen LogP contribution in [-0.4, -0.2) is 36.5 Å². The van der Waals surface area contributed by atoms with Crippen LogP contribution in [0.25, 0.3) is 0 Å². The van der Waals surface area contributed by atoms with Crippen molar-refractivity contribution in [1.82, 2.24) is 4.90 Å². The second-order valence-corrected chi connectivity index (χ2v) is 5.27. The van der Waals surface area contributed by atoms with Crippen LogP contribution in [0.1, 0.15) is 35.7 Å². The van der Waals surface area contributed by atoms with Gasteiger partial charge in [-0.15, -0.1) is 0 Å². The monoisotopic (exact) mass is 293 g/mol. The Morgan fingerprint density at radius 3 is 2.86 bits per heavy atom. The third kappa shape index (κ3) is 3.40. The minimum Gasteiger partial charge on any atom is -0.466 e. The van der Waals surface area contributed by atoms with Gasteiger partial charge in [-0.1, -0.05) is 12.1 Å². The first-order valence-corrected chi connectivity index (χ1v) is 7.25. The fourth-order valence-corrected chi connectivity index (χ4v) is 2.68. The zero-order valence-corrected chi connectivity index (χ0v) is 12.4. The number of benzene rings is 1. The lowest BCUT2D eigenvalue weighted by Crippen LogP contribution is -2.43. The van der Waals surface area contributed by atoms with Crippen molar-refractivity contribution in [3.8, 4) is 0 Å². The molecule has 1 aromatic carbocycles. The van der Waals surface area contributed by atoms with Crippen molar-refractivity contribution in [2.45, 2.75) is 26.7 Å². The number of piperidine rings is 1. The molecule has 1 saturated heterocycles. The number of ether oxygens (including phenoxy) is 1. The van der Waals surface area contributed by atoms with Gasteiger partial charge >= 0.3 is 5.97 Å². The molecule has 1 unspecified atom stereocenters. The van der Waals surface area contributed by atoms with E-state index in [1.165, 1.54) is 6.07 Å². The predicted octanol–water partition coefficient (Wildman–Crippen LogP) is 2.55. The quantitative estimate of drug-likeness (QED) is 0.805. The van der Waals surface area contributed by atoms with Crippen LogP contribution in [0.15, 0.2) is 18.2 Å². The molecule has 0 aromatic heterocycles. The SMILES string of the molecule is CCOC(=O)C1CCCN(C(=O)c2c(C)cccc2F)C1. The molecule has 2 rings (SSSR count). The highest BCUT2D eigenvalue weighted by molar-refractivity contribution is 5.96. The number of amides is 1. The van der Waals surface area contributed by atoms with Crippen molar-refractivity contribution < 1.29 is 18.7 Å². The van der Waals surface area contributed by atoms with Crippen molar-refractivity contribution in [2.24, 2.45) is 5.92 Å². The number of hydrogen-bond acceptors (Lipinski definition) is 3. The smallest absolute Gasteiger partial charge is 0.310 e. The Morgan fingerprint density at radius 2 is 2.19 bits per heavy atom. The van der Waals surface area contributed by atoms with E-state index in [4.69, 9.17) is 4.74 Å². The van der Waals surface area contributed by atoms with E-state index >= 15 is 0 Å². The lowest BCUT2D eigenvalue weighted by atomic mass is 9.97. The molecule has 1 heterocycles. The molecule has 1 aliphatic heterocycles. The summed E-state index contributed by atoms with van der Waals surface area (Å²) in [5.74, 6) is -1.45. The molecule has 0 radical (unpaired) electrons. The summed E-state index contributed by atoms with van der Waals surface area (Å²) in [4.78, 5) is 25.9. The minimum atomic E-state index is -0.516. The van der Waals surface area contributed by atoms with Crippen molar-refractivity contribution in [3.05, 3.63) is 35.1 Å². The standard InChI is InChI=1S/C16H20FNO3/c1-3-21-16(20)12-7-5-9-18(10-12)15(19)14-11(2)6-4-8-13(14)17/h4,6,8,12H,3,5,7,9-10H2,1-2H3. The molecule has 1 amide bonds. The van der Waals surface area contributed by atoms with Gasteiger partial charge in [0.1, 0.15) is 5.82 Å². The molecule has 0 spiro atoms. The first-order chi connectivity index (χ1) is 10.0. The molecule has 1 aliphatic rings. The molecule has 1 fully saturated rings. The van der Waals surface area contributed by atoms with E-state index in [2.05, 4.69) is 0 Å². The Labute approximate surface area is 123 Å². The number of nitrogens with zero attached hydrogens (tertiary/aromatic N) is 1. The van der Waals surface area contributed by atoms with Crippen LogP contribution >= 0.6 is 0 Å². The van der Waals surface area contributed by atoms with Crippen molar-refractivity contribution in [1.29, 1.82) is 0 Å². The molecular formula is C16H20FNO3. The van der Waals surface area contributed by atoms with Gasteiger partial charge in [0.05, 0.1) is 18.1 Å². The molecule has 1 aromatic rings. The second kappa shape index (κ2) is 6.70. The molecule has 0 N–H and O–H groups in total. The highest BCUT2D eigenvalue weighted by atomic mass is 19.1. The summed E-state index contributed by atoms with van der Waals surface area (Å²) < 4.78 is 18.9. The first kappa shape index (κ1) is 15.5. The van der Waals surface area contributed by atoms with Gasteiger partial charge in [0.15, 0.2) is 0 Å². The number of halogens is 1. The zero-order valence-electron chi connectivity index (χ0n) is 12.4. The molecule has 114 valence electrons. The van der Waals surface area contributed by atoms with E-state index in [1.807, 2.05) is 0 Å². The first-order valence-electron chi connectivity index (χ1n) is 7.25. The summed E-state index contributed by atoms with van der Waals surface area (Å²) in [6.07, 6.45) is 1.43. The number of esters is 1. The number of carbonyl (C=O) groups excluding carboxylic acids is 2. The normalized spacial score (nSPS) is 18.4. The molecule has 0 aliphatic carbocycles. The van der Waals surface area contributed by atoms with Gasteiger partial charge in [-0.05, 0) is 38.3 Å². The van der Waals surface area contributed by atoms with Gasteiger partial charge in [0.2, 0.25) is 0 Å². The maximum Gasteiger partial charge on any atom is 0.310 e. The average Bonchev–Trinajstić information content (AvgIpc) is 2.47. The van der Waals surface area contributed by atoms with Gasteiger partial charge in [0.25, 0.3) is 5.91 Å². The van der Waals surface area contributed by atoms with E-state index in [0.717, 1.165) is 6.42 Å². The topological polar surface area (TPSA) is 46.6 Å². The second-order valence-electron chi connectivity index (χ2n) is 5.27. The van der Waals surface area contributed by atoms with E-state index in [1.54, 1.807) is 30.9 Å². The van der Waals surface area contributed by atoms with E-state index < -0.39 is 5.82 Å². The summed E-state index contributed by atoms with van der Waals surface area (Å²) in [5.41, 5.74) is 0.709. The summed E-state index contributed by atoms with van der Waals surface area (Å²) in [6, 6.07) is 4.58. The average molecular weight is 293 g/mol. The van der Waals surface area contributed by atoms with Gasteiger partial charge in [-0.3, -0.25) is 9.59 Å². The minimum absolute atomic E-state index is 0.0991. The molecule has 0 bridgehead atoms. The van der Waals surface area contributed by atoms with Crippen molar-refractivity contribution in [2.75, 3.05) is 19.7 Å². The van der Waals surface area contributed by atoms with Crippen LogP contribution in [0.2, 0.25) is 0 Å². The van der Waals surface area contributed by atoms with Gasteiger partial charge in [-0.25, -0.2) is 4.39 Å². The molecule has 0 saturated carbocycles. The Bertz CT molecular complexity index is 524. The number of aryl methyl sites for hydroxylation is 1. The van der Waals surface area contributed by atoms with Gasteiger partial charge in [-0.2, -0.15) is 0 Å². The van der Waals surface area contributed by atoms with Gasteiger partial charge in [0, 0.05) is 13.1 Å². The molecule has 21 heavy (non-hydrogen) atoms. The fraction of sp³-hybridized carbons (Fsp3) is 0.500.